The van der Waals surface area contributed by atoms with Crippen molar-refractivity contribution in [2.75, 3.05) is 23.3 Å². The molecule has 9 nitrogen and oxygen atoms in total. The van der Waals surface area contributed by atoms with Gasteiger partial charge in [-0.15, -0.1) is 0 Å². The van der Waals surface area contributed by atoms with Crippen LogP contribution in [0.25, 0.3) is 0 Å². The van der Waals surface area contributed by atoms with E-state index in [1.165, 1.54) is 31.7 Å². The Balaban J connectivity index is 1.77. The van der Waals surface area contributed by atoms with Gasteiger partial charge in [-0.2, -0.15) is 5.10 Å². The normalized spacial score (nSPS) is 13.8. The zero-order valence-electron chi connectivity index (χ0n) is 16.6. The first-order valence-corrected chi connectivity index (χ1v) is 9.68. The van der Waals surface area contributed by atoms with E-state index in [1.807, 2.05) is 0 Å². The molecule has 30 heavy (non-hydrogen) atoms. The Bertz CT molecular complexity index is 983. The van der Waals surface area contributed by atoms with Gasteiger partial charge in [0.25, 0.3) is 11.6 Å². The molecule has 0 radical (unpaired) electrons. The molecule has 2 amide bonds. The van der Waals surface area contributed by atoms with Crippen LogP contribution in [0.4, 0.5) is 17.1 Å². The second kappa shape index (κ2) is 9.64. The number of carbonyl (C=O) groups is 2. The van der Waals surface area contributed by atoms with Gasteiger partial charge in [0.05, 0.1) is 11.1 Å². The summed E-state index contributed by atoms with van der Waals surface area (Å²) in [6, 6.07) is 11.1. The summed E-state index contributed by atoms with van der Waals surface area (Å²) in [6.45, 7) is 3.14. The van der Waals surface area contributed by atoms with Gasteiger partial charge in [0, 0.05) is 54.6 Å². The van der Waals surface area contributed by atoms with Gasteiger partial charge in [0.2, 0.25) is 5.91 Å². The van der Waals surface area contributed by atoms with Crippen LogP contribution in [0, 0.1) is 10.1 Å². The van der Waals surface area contributed by atoms with E-state index < -0.39 is 10.8 Å². The minimum absolute atomic E-state index is 0.0356. The molecule has 1 aliphatic heterocycles. The summed E-state index contributed by atoms with van der Waals surface area (Å²) in [5, 5.41) is 17.8. The molecule has 0 saturated carbocycles. The molecule has 0 aliphatic carbocycles. The average Bonchev–Trinajstić information content (AvgIpc) is 2.74. The standard InChI is InChI=1S/C21H23N5O4/c1-15(27)23-18-7-5-6-16(12-18)21(28)24-22-14-17-13-19(26(29)30)8-9-20(17)25-10-3-2-4-11-25/h5-9,12-14H,2-4,10-11H2,1H3,(H,23,27)(H,24,28). The van der Waals surface area contributed by atoms with Crippen molar-refractivity contribution in [2.24, 2.45) is 5.10 Å². The predicted molar refractivity (Wildman–Crippen MR) is 115 cm³/mol. The minimum atomic E-state index is -0.455. The minimum Gasteiger partial charge on any atom is -0.371 e. The van der Waals surface area contributed by atoms with Gasteiger partial charge in [-0.3, -0.25) is 19.7 Å². The van der Waals surface area contributed by atoms with E-state index in [1.54, 1.807) is 30.3 Å². The fourth-order valence-corrected chi connectivity index (χ4v) is 3.35. The van der Waals surface area contributed by atoms with E-state index >= 15 is 0 Å². The number of anilines is 2. The largest absolute Gasteiger partial charge is 0.371 e. The first kappa shape index (κ1) is 21.0. The van der Waals surface area contributed by atoms with Gasteiger partial charge >= 0.3 is 0 Å². The zero-order valence-corrected chi connectivity index (χ0v) is 16.6. The average molecular weight is 409 g/mol. The first-order valence-electron chi connectivity index (χ1n) is 9.68. The number of rotatable bonds is 6. The monoisotopic (exact) mass is 409 g/mol. The van der Waals surface area contributed by atoms with Crippen molar-refractivity contribution in [3.63, 3.8) is 0 Å². The van der Waals surface area contributed by atoms with Crippen LogP contribution in [0.2, 0.25) is 0 Å². The molecule has 0 unspecified atom stereocenters. The van der Waals surface area contributed by atoms with Gasteiger partial charge in [-0.05, 0) is 43.5 Å². The summed E-state index contributed by atoms with van der Waals surface area (Å²) in [6.07, 6.45) is 4.72. The molecule has 1 saturated heterocycles. The van der Waals surface area contributed by atoms with Crippen LogP contribution < -0.4 is 15.6 Å². The highest BCUT2D eigenvalue weighted by molar-refractivity contribution is 5.97. The molecule has 1 aliphatic rings. The summed E-state index contributed by atoms with van der Waals surface area (Å²) in [7, 11) is 0. The van der Waals surface area contributed by atoms with E-state index in [4.69, 9.17) is 0 Å². The zero-order chi connectivity index (χ0) is 21.5. The molecule has 2 N–H and O–H groups in total. The Labute approximate surface area is 173 Å². The number of hydrogen-bond donors (Lipinski definition) is 2. The van der Waals surface area contributed by atoms with Crippen LogP contribution >= 0.6 is 0 Å². The van der Waals surface area contributed by atoms with E-state index in [9.17, 15) is 19.7 Å². The summed E-state index contributed by atoms with van der Waals surface area (Å²) in [4.78, 5) is 36.4. The molecule has 9 heteroatoms. The molecule has 156 valence electrons. The summed E-state index contributed by atoms with van der Waals surface area (Å²) in [5.41, 5.74) is 4.65. The highest BCUT2D eigenvalue weighted by Gasteiger charge is 2.17. The lowest BCUT2D eigenvalue weighted by Gasteiger charge is -2.29. The number of benzene rings is 2. The number of non-ortho nitro benzene ring substituents is 1. The molecular formula is C21H23N5O4. The van der Waals surface area contributed by atoms with Crippen LogP contribution in [0.3, 0.4) is 0 Å². The SMILES string of the molecule is CC(=O)Nc1cccc(C(=O)NN=Cc2cc([N+](=O)[O-])ccc2N2CCCCC2)c1. The Morgan fingerprint density at radius 3 is 2.60 bits per heavy atom. The lowest BCUT2D eigenvalue weighted by molar-refractivity contribution is -0.384. The fraction of sp³-hybridized carbons (Fsp3) is 0.286. The van der Waals surface area contributed by atoms with Crippen molar-refractivity contribution in [1.29, 1.82) is 0 Å². The molecular weight excluding hydrogens is 386 g/mol. The number of amides is 2. The lowest BCUT2D eigenvalue weighted by Crippen LogP contribution is -2.30. The first-order chi connectivity index (χ1) is 14.4. The van der Waals surface area contributed by atoms with Crippen molar-refractivity contribution >= 4 is 35.1 Å². The maximum absolute atomic E-state index is 12.4. The summed E-state index contributed by atoms with van der Waals surface area (Å²) < 4.78 is 0. The highest BCUT2D eigenvalue weighted by atomic mass is 16.6. The van der Waals surface area contributed by atoms with Crippen molar-refractivity contribution in [3.05, 3.63) is 63.7 Å². The van der Waals surface area contributed by atoms with E-state index in [2.05, 4.69) is 20.7 Å². The third kappa shape index (κ3) is 5.40. The number of nitro benzene ring substituents is 1. The maximum Gasteiger partial charge on any atom is 0.271 e. The number of nitrogens with zero attached hydrogens (tertiary/aromatic N) is 3. The van der Waals surface area contributed by atoms with Crippen LogP contribution in [0.1, 0.15) is 42.1 Å². The molecule has 0 aromatic heterocycles. The Hall–Kier alpha value is -3.75. The van der Waals surface area contributed by atoms with Crippen LogP contribution in [0.15, 0.2) is 47.6 Å². The number of nitro groups is 1. The van der Waals surface area contributed by atoms with Crippen molar-refractivity contribution in [3.8, 4) is 0 Å². The van der Waals surface area contributed by atoms with E-state index in [0.29, 0.717) is 16.8 Å². The molecule has 3 rings (SSSR count). The maximum atomic E-state index is 12.4. The highest BCUT2D eigenvalue weighted by Crippen LogP contribution is 2.27. The Morgan fingerprint density at radius 2 is 1.90 bits per heavy atom. The van der Waals surface area contributed by atoms with Crippen LogP contribution in [0.5, 0.6) is 0 Å². The second-order valence-corrected chi connectivity index (χ2v) is 7.01. The topological polar surface area (TPSA) is 117 Å². The lowest BCUT2D eigenvalue weighted by atomic mass is 10.1. The van der Waals surface area contributed by atoms with Crippen molar-refractivity contribution in [1.82, 2.24) is 5.43 Å². The Kier molecular flexibility index (Phi) is 6.74. The van der Waals surface area contributed by atoms with Gasteiger partial charge in [0.1, 0.15) is 0 Å². The van der Waals surface area contributed by atoms with Gasteiger partial charge in [-0.25, -0.2) is 5.43 Å². The number of hydrogen-bond acceptors (Lipinski definition) is 6. The van der Waals surface area contributed by atoms with Crippen molar-refractivity contribution in [2.45, 2.75) is 26.2 Å². The third-order valence-corrected chi connectivity index (χ3v) is 4.73. The molecule has 1 heterocycles. The van der Waals surface area contributed by atoms with Gasteiger partial charge in [0.15, 0.2) is 0 Å². The second-order valence-electron chi connectivity index (χ2n) is 7.01. The van der Waals surface area contributed by atoms with Gasteiger partial charge < -0.3 is 10.2 Å². The summed E-state index contributed by atoms with van der Waals surface area (Å²) >= 11 is 0. The molecule has 1 fully saturated rings. The Morgan fingerprint density at radius 1 is 1.13 bits per heavy atom. The molecule has 2 aromatic carbocycles. The summed E-state index contributed by atoms with van der Waals surface area (Å²) in [5.74, 6) is -0.690. The van der Waals surface area contributed by atoms with Crippen molar-refractivity contribution < 1.29 is 14.5 Å². The molecule has 0 atom stereocenters. The van der Waals surface area contributed by atoms with Gasteiger partial charge in [-0.1, -0.05) is 6.07 Å². The predicted octanol–water partition coefficient (Wildman–Crippen LogP) is 3.31. The number of nitrogens with one attached hydrogen (secondary N) is 2. The third-order valence-electron chi connectivity index (χ3n) is 4.73. The van der Waals surface area contributed by atoms with Crippen LogP contribution in [-0.4, -0.2) is 36.0 Å². The molecule has 0 spiro atoms. The van der Waals surface area contributed by atoms with E-state index in [0.717, 1.165) is 31.6 Å². The smallest absolute Gasteiger partial charge is 0.271 e. The van der Waals surface area contributed by atoms with Crippen LogP contribution in [-0.2, 0) is 4.79 Å². The quantitative estimate of drug-likeness (QED) is 0.431. The van der Waals surface area contributed by atoms with E-state index in [-0.39, 0.29) is 11.6 Å². The number of hydrazone groups is 1. The number of carbonyl (C=O) groups excluding carboxylic acids is 2. The molecule has 0 bridgehead atoms. The molecule has 2 aromatic rings. The number of piperidine rings is 1. The fourth-order valence-electron chi connectivity index (χ4n) is 3.35.